The largest absolute Gasteiger partial charge is 0.466 e. The van der Waals surface area contributed by atoms with E-state index in [0.717, 1.165) is 51.4 Å². The topological polar surface area (TPSA) is 95.9 Å². The molecule has 0 aliphatic rings. The fraction of sp³-hybridized carbons (Fsp3) is 0.889. The van der Waals surface area contributed by atoms with Gasteiger partial charge in [0, 0.05) is 12.8 Å². The van der Waals surface area contributed by atoms with Crippen LogP contribution in [0.3, 0.4) is 0 Å². The fourth-order valence-corrected chi connectivity index (χ4v) is 11.0. The molecule has 0 aromatic carbocycles. The summed E-state index contributed by atoms with van der Waals surface area (Å²) in [6, 6.07) is -0.624. The lowest BCUT2D eigenvalue weighted by Crippen LogP contribution is -2.45. The van der Waals surface area contributed by atoms with Gasteiger partial charge >= 0.3 is 5.97 Å². The second kappa shape index (κ2) is 67.6. The SMILES string of the molecule is CCCCC/C=C\C/C=C\CCCCCCCC(=O)OCCCCCCCCCCCCCCCCCCCCCCCCCCCCCCCCCCC(=O)NC(CO)C(O)/C=C/CCCCCCCCCCCCCC. The maximum absolute atomic E-state index is 12.5. The molecular weight excluding hydrogens is 959 g/mol. The van der Waals surface area contributed by atoms with Crippen LogP contribution in [0.15, 0.2) is 36.5 Å². The van der Waals surface area contributed by atoms with Gasteiger partial charge in [0.15, 0.2) is 0 Å². The third-order valence-electron chi connectivity index (χ3n) is 16.4. The highest BCUT2D eigenvalue weighted by Gasteiger charge is 2.18. The lowest BCUT2D eigenvalue weighted by molar-refractivity contribution is -0.143. The van der Waals surface area contributed by atoms with E-state index in [9.17, 15) is 19.8 Å². The second-order valence-electron chi connectivity index (χ2n) is 24.2. The first-order valence-electron chi connectivity index (χ1n) is 35.3. The van der Waals surface area contributed by atoms with Gasteiger partial charge in [-0.2, -0.15) is 0 Å². The number of unbranched alkanes of at least 4 members (excludes halogenated alkanes) is 51. The van der Waals surface area contributed by atoms with Crippen LogP contribution < -0.4 is 5.32 Å². The quantitative estimate of drug-likeness (QED) is 0.0320. The third-order valence-corrected chi connectivity index (χ3v) is 16.4. The summed E-state index contributed by atoms with van der Waals surface area (Å²) in [5, 5.41) is 23.1. The Labute approximate surface area is 487 Å². The molecule has 6 heteroatoms. The van der Waals surface area contributed by atoms with Gasteiger partial charge in [-0.15, -0.1) is 0 Å². The number of nitrogens with one attached hydrogen (secondary N) is 1. The molecule has 0 aliphatic carbocycles. The maximum Gasteiger partial charge on any atom is 0.305 e. The van der Waals surface area contributed by atoms with Gasteiger partial charge in [-0.25, -0.2) is 0 Å². The summed E-state index contributed by atoms with van der Waals surface area (Å²) in [6.45, 7) is 4.90. The Hall–Kier alpha value is -1.92. The molecule has 0 radical (unpaired) electrons. The van der Waals surface area contributed by atoms with Gasteiger partial charge in [-0.3, -0.25) is 9.59 Å². The molecule has 0 aliphatic heterocycles. The molecule has 0 heterocycles. The van der Waals surface area contributed by atoms with Crippen LogP contribution in [0.1, 0.15) is 386 Å². The monoisotopic (exact) mass is 1100 g/mol. The molecule has 0 spiro atoms. The molecule has 460 valence electrons. The van der Waals surface area contributed by atoms with Crippen molar-refractivity contribution < 1.29 is 24.5 Å². The van der Waals surface area contributed by atoms with Crippen molar-refractivity contribution in [3.8, 4) is 0 Å². The van der Waals surface area contributed by atoms with Crippen LogP contribution in [0.5, 0.6) is 0 Å². The van der Waals surface area contributed by atoms with E-state index in [1.54, 1.807) is 6.08 Å². The molecule has 0 rings (SSSR count). The summed E-state index contributed by atoms with van der Waals surface area (Å²) in [4.78, 5) is 24.5. The van der Waals surface area contributed by atoms with Crippen molar-refractivity contribution >= 4 is 11.9 Å². The Morgan fingerprint density at radius 3 is 1.00 bits per heavy atom. The number of carbonyl (C=O) groups is 2. The molecule has 0 aromatic rings. The Morgan fingerprint density at radius 2 is 0.641 bits per heavy atom. The lowest BCUT2D eigenvalue weighted by atomic mass is 10.0. The first kappa shape index (κ1) is 76.1. The molecule has 0 bridgehead atoms. The van der Waals surface area contributed by atoms with Gasteiger partial charge in [-0.05, 0) is 64.2 Å². The van der Waals surface area contributed by atoms with Crippen molar-refractivity contribution in [3.05, 3.63) is 36.5 Å². The van der Waals surface area contributed by atoms with Crippen LogP contribution in [-0.4, -0.2) is 47.4 Å². The van der Waals surface area contributed by atoms with Crippen LogP contribution in [0, 0.1) is 0 Å². The molecule has 6 nitrogen and oxygen atoms in total. The smallest absolute Gasteiger partial charge is 0.305 e. The highest BCUT2D eigenvalue weighted by Crippen LogP contribution is 2.19. The Kier molecular flexibility index (Phi) is 65.9. The molecule has 0 saturated carbocycles. The number of aliphatic hydroxyl groups excluding tert-OH is 2. The predicted molar refractivity (Wildman–Crippen MR) is 343 cm³/mol. The number of hydrogen-bond donors (Lipinski definition) is 3. The highest BCUT2D eigenvalue weighted by molar-refractivity contribution is 5.76. The van der Waals surface area contributed by atoms with E-state index in [1.165, 1.54) is 308 Å². The summed E-state index contributed by atoms with van der Waals surface area (Å²) >= 11 is 0. The normalized spacial score (nSPS) is 12.7. The average Bonchev–Trinajstić information content (AvgIpc) is 3.44. The van der Waals surface area contributed by atoms with Crippen molar-refractivity contribution in [2.75, 3.05) is 13.2 Å². The summed E-state index contributed by atoms with van der Waals surface area (Å²) < 4.78 is 5.49. The van der Waals surface area contributed by atoms with Gasteiger partial charge in [0.1, 0.15) is 0 Å². The first-order chi connectivity index (χ1) is 38.5. The number of amides is 1. The highest BCUT2D eigenvalue weighted by atomic mass is 16.5. The first-order valence-corrected chi connectivity index (χ1v) is 35.3. The average molecular weight is 1100 g/mol. The van der Waals surface area contributed by atoms with E-state index >= 15 is 0 Å². The van der Waals surface area contributed by atoms with Crippen LogP contribution in [0.25, 0.3) is 0 Å². The Bertz CT molecular complexity index is 1260. The van der Waals surface area contributed by atoms with Crippen molar-refractivity contribution in [3.63, 3.8) is 0 Å². The standard InChI is InChI=1S/C72H137NO5/c1-3-5-7-9-11-13-15-17-37-42-46-50-54-58-62-66-72(77)78-67-63-59-55-51-47-43-39-36-34-32-30-28-26-24-22-20-19-21-23-25-27-29-31-33-35-38-41-45-49-53-57-61-65-71(76)73-69(68-74)70(75)64-60-56-52-48-44-40-18-16-14-12-10-8-6-4-2/h11,13,17,37,60,64,69-70,74-75H,3-10,12,14-16,18-36,38-59,61-63,65-68H2,1-2H3,(H,73,76)/b13-11-,37-17-,64-60+. The maximum atomic E-state index is 12.5. The number of ether oxygens (including phenoxy) is 1. The fourth-order valence-electron chi connectivity index (χ4n) is 11.0. The molecule has 3 N–H and O–H groups in total. The van der Waals surface area contributed by atoms with Crippen molar-refractivity contribution in [2.45, 2.75) is 398 Å². The Balaban J connectivity index is 3.33. The van der Waals surface area contributed by atoms with Crippen molar-refractivity contribution in [2.24, 2.45) is 0 Å². The number of hydrogen-bond acceptors (Lipinski definition) is 5. The zero-order valence-electron chi connectivity index (χ0n) is 52.7. The zero-order chi connectivity index (χ0) is 56.4. The molecule has 2 atom stereocenters. The molecule has 78 heavy (non-hydrogen) atoms. The summed E-state index contributed by atoms with van der Waals surface area (Å²) in [5.41, 5.74) is 0. The number of allylic oxidation sites excluding steroid dienone is 5. The van der Waals surface area contributed by atoms with E-state index in [4.69, 9.17) is 4.74 Å². The van der Waals surface area contributed by atoms with E-state index in [1.807, 2.05) is 6.08 Å². The van der Waals surface area contributed by atoms with Crippen LogP contribution in [-0.2, 0) is 14.3 Å². The number of rotatable bonds is 66. The summed E-state index contributed by atoms with van der Waals surface area (Å²) in [5.74, 6) is -0.0546. The molecule has 1 amide bonds. The molecule has 0 aromatic heterocycles. The summed E-state index contributed by atoms with van der Waals surface area (Å²) in [6.07, 6.45) is 86.6. The van der Waals surface area contributed by atoms with Crippen molar-refractivity contribution in [1.82, 2.24) is 5.32 Å². The minimum Gasteiger partial charge on any atom is -0.466 e. The van der Waals surface area contributed by atoms with Gasteiger partial charge < -0.3 is 20.3 Å². The minimum absolute atomic E-state index is 0.00712. The third kappa shape index (κ3) is 63.3. The van der Waals surface area contributed by atoms with E-state index < -0.39 is 12.1 Å². The Morgan fingerprint density at radius 1 is 0.359 bits per heavy atom. The van der Waals surface area contributed by atoms with Gasteiger partial charge in [0.05, 0.1) is 25.4 Å². The zero-order valence-corrected chi connectivity index (χ0v) is 52.7. The van der Waals surface area contributed by atoms with Crippen LogP contribution in [0.2, 0.25) is 0 Å². The molecular formula is C72H137NO5. The van der Waals surface area contributed by atoms with Crippen LogP contribution >= 0.6 is 0 Å². The minimum atomic E-state index is -0.841. The summed E-state index contributed by atoms with van der Waals surface area (Å²) in [7, 11) is 0. The van der Waals surface area contributed by atoms with Gasteiger partial charge in [0.2, 0.25) is 5.91 Å². The van der Waals surface area contributed by atoms with Gasteiger partial charge in [0.25, 0.3) is 0 Å². The lowest BCUT2D eigenvalue weighted by Gasteiger charge is -2.20. The molecule has 0 saturated heterocycles. The van der Waals surface area contributed by atoms with Gasteiger partial charge in [-0.1, -0.05) is 346 Å². The van der Waals surface area contributed by atoms with E-state index in [2.05, 4.69) is 43.5 Å². The van der Waals surface area contributed by atoms with E-state index in [0.29, 0.717) is 19.4 Å². The van der Waals surface area contributed by atoms with E-state index in [-0.39, 0.29) is 18.5 Å². The number of esters is 1. The molecule has 0 fully saturated rings. The number of aliphatic hydroxyl groups is 2. The number of carbonyl (C=O) groups excluding carboxylic acids is 2. The second-order valence-corrected chi connectivity index (χ2v) is 24.2. The molecule has 2 unspecified atom stereocenters. The van der Waals surface area contributed by atoms with Crippen molar-refractivity contribution in [1.29, 1.82) is 0 Å². The predicted octanol–water partition coefficient (Wildman–Crippen LogP) is 22.7. The van der Waals surface area contributed by atoms with Crippen LogP contribution in [0.4, 0.5) is 0 Å².